The molecule has 49 heteroatoms. The molecule has 0 saturated carbocycles. The number of nitrogens with one attached hydrogen (secondary N) is 2. The number of carbonyl (C=O) groups is 6. The van der Waals surface area contributed by atoms with Crippen LogP contribution in [0.4, 0.5) is 21.0 Å². The Balaban J connectivity index is 0.663. The van der Waals surface area contributed by atoms with Crippen LogP contribution < -0.4 is 32.1 Å². The number of nitrogens with two attached hydrogens (primary N) is 2. The lowest BCUT2D eigenvalue weighted by Gasteiger charge is -2.34. The van der Waals surface area contributed by atoms with E-state index in [-0.39, 0.29) is 143 Å². The third-order valence-corrected chi connectivity index (χ3v) is 31.4. The van der Waals surface area contributed by atoms with E-state index in [1.807, 2.05) is 9.48 Å². The molecule has 43 nitrogen and oxygen atoms in total. The predicted molar refractivity (Wildman–Crippen MR) is 531 cm³/mol. The number of hydroxylamine groups is 2. The standard InChI is InChI=1S/C98H122N12O31S6/c1-97(2)87(107(81-39-37-77-79(91(81)97)63-75(144(121,122)123)65-85(77)146(127,128)129)45-19-9-17-27-89(111)105-51-47-103(48-52-105)55-57-134-59-61-138-109(142(117)118)83(93(113)140-99)41-43-101-95(115)136-67-69-21-11-6-12-22-69)25-15-8-16-26-88-98(3,4)92-80-64-76(145(124,125)126)66-86(147(130,131)132)78(80)38-40-82(92)108(88)46-20-10-18-28-90(112)106-53-49-104(50-54-106)56-58-135-60-62-139-110(84(94(114)141-100)42-44-102-96(116)137-68-70-23-13-7-14-24-70)143(119,120)74-35-31-72(32-36-74)71-29-33-73(133-5)34-30-71/h6-8,11-16,21-26,29-40,63-66,83-84H,9-10,17-20,27-28,41-62,67-68,99-100H2,1-5H3,(H6-,101,102,115,116,117,118,121,122,123,124,125,126,127,128,129,130,131,132)/p-4/t83-,84+/m0/s1. The molecule has 4 aliphatic heterocycles. The molecule has 0 radical (unpaired) electrons. The van der Waals surface area contributed by atoms with E-state index < -0.39 is 128 Å². The zero-order valence-corrected chi connectivity index (χ0v) is 86.4. The maximum atomic E-state index is 14.5. The summed E-state index contributed by atoms with van der Waals surface area (Å²) in [6.07, 6.45) is 9.69. The molecule has 8 aromatic rings. The van der Waals surface area contributed by atoms with Gasteiger partial charge in [0.05, 0.1) is 76.6 Å². The van der Waals surface area contributed by atoms with E-state index >= 15 is 0 Å². The molecule has 2 fully saturated rings. The maximum absolute atomic E-state index is 14.5. The largest absolute Gasteiger partial charge is 0.758 e. The summed E-state index contributed by atoms with van der Waals surface area (Å²) >= 11 is -3.10. The topological polar surface area (TPSA) is 590 Å². The second-order valence-electron chi connectivity index (χ2n) is 35.9. The highest BCUT2D eigenvalue weighted by atomic mass is 32.2. The molecule has 0 bridgehead atoms. The Bertz CT molecular complexity index is 6790. The molecule has 1 unspecified atom stereocenters. The average molecular weight is 2150 g/mol. The van der Waals surface area contributed by atoms with Crippen LogP contribution in [0.5, 0.6) is 5.75 Å². The highest BCUT2D eigenvalue weighted by Crippen LogP contribution is 2.53. The molecule has 147 heavy (non-hydrogen) atoms. The van der Waals surface area contributed by atoms with Crippen molar-refractivity contribution in [2.24, 2.45) is 11.8 Å². The third-order valence-electron chi connectivity index (χ3n) is 25.7. The summed E-state index contributed by atoms with van der Waals surface area (Å²) in [5, 5.41) is 4.74. The fraction of sp³-hybridized carbons (Fsp3) is 0.418. The number of carbonyl (C=O) groups excluding carboxylic acids is 6. The van der Waals surface area contributed by atoms with Crippen molar-refractivity contribution in [3.63, 3.8) is 0 Å². The Kier molecular flexibility index (Phi) is 40.1. The van der Waals surface area contributed by atoms with E-state index in [1.165, 1.54) is 31.4 Å². The molecule has 3 atom stereocenters. The Morgan fingerprint density at radius 1 is 0.497 bits per heavy atom. The number of benzene rings is 8. The first-order valence-corrected chi connectivity index (χ1v) is 55.4. The number of ether oxygens (including phenoxy) is 5. The van der Waals surface area contributed by atoms with Crippen LogP contribution in [0.1, 0.15) is 114 Å². The van der Waals surface area contributed by atoms with Crippen molar-refractivity contribution < 1.29 is 145 Å². The lowest BCUT2D eigenvalue weighted by Crippen LogP contribution is -2.49. The number of anilines is 1. The van der Waals surface area contributed by atoms with E-state index in [0.717, 1.165) is 23.3 Å². The first-order valence-electron chi connectivity index (χ1n) is 47.3. The van der Waals surface area contributed by atoms with Gasteiger partial charge < -0.3 is 81.5 Å². The van der Waals surface area contributed by atoms with Crippen LogP contribution >= 0.6 is 0 Å². The molecular weight excluding hydrogens is 2030 g/mol. The molecule has 6 N–H and O–H groups in total. The lowest BCUT2D eigenvalue weighted by atomic mass is 9.79. The van der Waals surface area contributed by atoms with E-state index in [2.05, 4.69) is 30.1 Å². The maximum Gasteiger partial charge on any atom is 0.407 e. The number of fused-ring (bicyclic) bond motifs is 6. The number of alkyl carbamates (subject to hydrolysis) is 2. The minimum Gasteiger partial charge on any atom is -0.758 e. The van der Waals surface area contributed by atoms with Gasteiger partial charge in [-0.15, -0.1) is 4.47 Å². The number of rotatable bonds is 52. The average Bonchev–Trinajstić information content (AvgIpc) is 1.57. The van der Waals surface area contributed by atoms with Gasteiger partial charge in [-0.3, -0.25) is 33.3 Å². The van der Waals surface area contributed by atoms with Gasteiger partial charge in [0.1, 0.15) is 72.0 Å². The van der Waals surface area contributed by atoms with Crippen LogP contribution in [-0.2, 0) is 143 Å². The number of hydrogen-bond donors (Lipinski definition) is 4. The first-order chi connectivity index (χ1) is 69.9. The van der Waals surface area contributed by atoms with Gasteiger partial charge in [-0.1, -0.05) is 134 Å². The van der Waals surface area contributed by atoms with Crippen LogP contribution in [-0.4, -0.2) is 294 Å². The van der Waals surface area contributed by atoms with Crippen LogP contribution in [0.15, 0.2) is 218 Å². The van der Waals surface area contributed by atoms with Gasteiger partial charge in [0.25, 0.3) is 10.0 Å². The van der Waals surface area contributed by atoms with Gasteiger partial charge in [-0.2, -0.15) is 16.4 Å². The normalized spacial score (nSPS) is 16.2. The highest BCUT2D eigenvalue weighted by Gasteiger charge is 2.47. The summed E-state index contributed by atoms with van der Waals surface area (Å²) in [5.74, 6) is 8.59. The molecule has 12 rings (SSSR count). The smallest absolute Gasteiger partial charge is 0.407 e. The van der Waals surface area contributed by atoms with Gasteiger partial charge in [0.15, 0.2) is 11.8 Å². The minimum atomic E-state index is -5.39. The predicted octanol–water partition coefficient (Wildman–Crippen LogP) is 7.75. The van der Waals surface area contributed by atoms with Crippen molar-refractivity contribution in [1.29, 1.82) is 0 Å². The molecule has 4 heterocycles. The second kappa shape index (κ2) is 51.6. The number of piperazine rings is 2. The van der Waals surface area contributed by atoms with E-state index in [4.69, 9.17) is 45.2 Å². The van der Waals surface area contributed by atoms with Crippen molar-refractivity contribution in [1.82, 2.24) is 39.2 Å². The Hall–Kier alpha value is -11.5. The van der Waals surface area contributed by atoms with E-state index in [0.29, 0.717) is 176 Å². The van der Waals surface area contributed by atoms with Crippen LogP contribution in [0, 0.1) is 0 Å². The Labute approximate surface area is 855 Å². The molecule has 796 valence electrons. The van der Waals surface area contributed by atoms with Gasteiger partial charge in [-0.25, -0.2) is 61.3 Å². The second-order valence-corrected chi connectivity index (χ2v) is 44.0. The van der Waals surface area contributed by atoms with Crippen molar-refractivity contribution in [2.75, 3.05) is 143 Å². The van der Waals surface area contributed by atoms with Gasteiger partial charge in [0.2, 0.25) is 17.5 Å². The molecule has 0 spiro atoms. The molecule has 0 aromatic heterocycles. The van der Waals surface area contributed by atoms with Crippen molar-refractivity contribution in [3.8, 4) is 16.9 Å². The molecule has 0 aliphatic carbocycles. The minimum absolute atomic E-state index is 0.0161. The quantitative estimate of drug-likeness (QED) is 0.00706. The number of methoxy groups -OCH3 is 1. The Morgan fingerprint density at radius 3 is 1.46 bits per heavy atom. The van der Waals surface area contributed by atoms with Gasteiger partial charge in [-0.05, 0) is 163 Å². The summed E-state index contributed by atoms with van der Waals surface area (Å²) in [6.45, 7) is 11.1. The van der Waals surface area contributed by atoms with E-state index in [9.17, 15) is 97.8 Å². The highest BCUT2D eigenvalue weighted by molar-refractivity contribution is 7.89. The van der Waals surface area contributed by atoms with Gasteiger partial charge >= 0.3 is 24.1 Å². The zero-order valence-electron chi connectivity index (χ0n) is 81.5. The van der Waals surface area contributed by atoms with Crippen LogP contribution in [0.2, 0.25) is 0 Å². The SMILES string of the molecule is COc1ccc(-c2ccc(S(=O)(=O)N(OCCOCCN3CCN(C(=O)CCCCCN4/C(=C/C=C/C=C/C5=[N+](CCCCCC(=O)N6CCN(CCOCCON([C@@H](CCNC(=O)OCc7ccccc7)C(=O)ON)S(=O)[O-])CC6)c6ccc7c(S(=O)(=O)[O-])cc(S(=O)(=O)[O-])cc7c6C5(C)C)C(C)(C)c5c4ccc4c(S(=O)(=O)[O-])cc(S(=O)(=O)[O-])cc54)CC3)[C@H](CCNC(=O)OCc3ccccc3)C(=O)ON)cc2)cc1. The summed E-state index contributed by atoms with van der Waals surface area (Å²) in [7, 11) is -24.6. The fourth-order valence-corrected chi connectivity index (χ4v) is 22.8. The number of sulfonamides is 1. The summed E-state index contributed by atoms with van der Waals surface area (Å²) < 4.78 is 238. The summed E-state index contributed by atoms with van der Waals surface area (Å²) in [4.78, 5) is 104. The molecule has 4 amide bonds. The first kappa shape index (κ1) is 114. The van der Waals surface area contributed by atoms with Crippen molar-refractivity contribution in [3.05, 3.63) is 216 Å². The van der Waals surface area contributed by atoms with Crippen molar-refractivity contribution >= 4 is 136 Å². The monoisotopic (exact) mass is 2150 g/mol. The van der Waals surface area contributed by atoms with Gasteiger partial charge in [0, 0.05) is 156 Å². The molecule has 4 aliphatic rings. The number of amides is 4. The third kappa shape index (κ3) is 30.0. The summed E-state index contributed by atoms with van der Waals surface area (Å²) in [6, 6.07) is 36.6. The van der Waals surface area contributed by atoms with E-state index in [1.54, 1.807) is 177 Å². The number of unbranched alkanes of at least 4 members (excludes halogenated alkanes) is 4. The Morgan fingerprint density at radius 2 is 0.973 bits per heavy atom. The zero-order chi connectivity index (χ0) is 106. The summed E-state index contributed by atoms with van der Waals surface area (Å²) in [5.41, 5.74) is 3.60. The molecular formula is C98H118N12O31S6-4. The molecule has 8 aromatic carbocycles. The molecule has 2 saturated heterocycles. The fourth-order valence-electron chi connectivity index (χ4n) is 18.2. The van der Waals surface area contributed by atoms with Crippen molar-refractivity contribution in [2.45, 2.75) is 153 Å². The number of hydrogen-bond acceptors (Lipinski definition) is 36. The van der Waals surface area contributed by atoms with Crippen LogP contribution in [0.25, 0.3) is 32.7 Å². The number of allylic oxidation sites excluding steroid dienone is 6. The lowest BCUT2D eigenvalue weighted by molar-refractivity contribution is -0.438. The van der Waals surface area contributed by atoms with Crippen LogP contribution in [0.3, 0.4) is 0 Å². The number of nitrogens with zero attached hydrogens (tertiary/aromatic N) is 8.